The molecule has 0 aliphatic rings. The van der Waals surface area contributed by atoms with Crippen molar-refractivity contribution >= 4 is 19.5 Å². The molecule has 1 atom stereocenters. The van der Waals surface area contributed by atoms with Gasteiger partial charge < -0.3 is 4.12 Å². The predicted molar refractivity (Wildman–Crippen MR) is 62.2 cm³/mol. The third-order valence-electron chi connectivity index (χ3n) is 2.37. The molecule has 0 bridgehead atoms. The number of unbranched alkanes of at least 4 members (excludes halogenated alkanes) is 5. The van der Waals surface area contributed by atoms with E-state index in [0.29, 0.717) is 0 Å². The van der Waals surface area contributed by atoms with Crippen molar-refractivity contribution in [1.29, 1.82) is 0 Å². The minimum absolute atomic E-state index is 0.678. The molecule has 0 aromatic heterocycles. The minimum Gasteiger partial charge on any atom is -0.466 e. The van der Waals surface area contributed by atoms with Crippen molar-refractivity contribution in [1.82, 2.24) is 0 Å². The second-order valence-electron chi connectivity index (χ2n) is 3.60. The van der Waals surface area contributed by atoms with Gasteiger partial charge in [-0.25, -0.2) is 0 Å². The quantitative estimate of drug-likeness (QED) is 0.434. The van der Waals surface area contributed by atoms with E-state index in [2.05, 4.69) is 13.5 Å². The fraction of sp³-hybridized carbons (Fsp3) is 1.00. The molecule has 0 aromatic carbocycles. The van der Waals surface area contributed by atoms with Gasteiger partial charge in [-0.05, 0) is 12.6 Å². The van der Waals surface area contributed by atoms with Gasteiger partial charge in [0.2, 0.25) is 0 Å². The lowest BCUT2D eigenvalue weighted by Gasteiger charge is -2.06. The summed E-state index contributed by atoms with van der Waals surface area (Å²) in [6.45, 7) is 4.59. The van der Waals surface area contributed by atoms with E-state index in [1.54, 1.807) is 0 Å². The Morgan fingerprint density at radius 3 is 2.25 bits per heavy atom. The molecule has 0 saturated heterocycles. The Morgan fingerprint density at radius 1 is 1.08 bits per heavy atom. The van der Waals surface area contributed by atoms with Crippen molar-refractivity contribution in [2.45, 2.75) is 58.0 Å². The molecular formula is C9H24OSi2. The molecular weight excluding hydrogens is 180 g/mol. The van der Waals surface area contributed by atoms with E-state index in [9.17, 15) is 0 Å². The zero-order chi connectivity index (χ0) is 9.23. The molecule has 0 rings (SSSR count). The Labute approximate surface area is 82.2 Å². The highest BCUT2D eigenvalue weighted by Gasteiger charge is 1.99. The summed E-state index contributed by atoms with van der Waals surface area (Å²) in [5.74, 6) is 0. The molecule has 0 saturated carbocycles. The second-order valence-corrected chi connectivity index (χ2v) is 7.69. The van der Waals surface area contributed by atoms with E-state index in [1.165, 1.54) is 44.6 Å². The molecule has 0 aliphatic carbocycles. The van der Waals surface area contributed by atoms with Crippen molar-refractivity contribution in [3.05, 3.63) is 0 Å². The lowest BCUT2D eigenvalue weighted by atomic mass is 10.1. The van der Waals surface area contributed by atoms with Crippen LogP contribution in [0.5, 0.6) is 0 Å². The number of rotatable bonds is 8. The zero-order valence-electron chi connectivity index (χ0n) is 8.94. The van der Waals surface area contributed by atoms with Crippen LogP contribution in [0.25, 0.3) is 0 Å². The van der Waals surface area contributed by atoms with Gasteiger partial charge in [0.25, 0.3) is 0 Å². The standard InChI is InChI=1S/C9H24OSi2/c1-3-4-5-6-7-8-9-12(2)10-11/h12H,3-9H2,1-2,11H3. The van der Waals surface area contributed by atoms with Crippen LogP contribution in [0.15, 0.2) is 0 Å². The van der Waals surface area contributed by atoms with Crippen LogP contribution in [0.4, 0.5) is 0 Å². The first kappa shape index (κ1) is 12.4. The number of hydrogen-bond acceptors (Lipinski definition) is 1. The van der Waals surface area contributed by atoms with Gasteiger partial charge in [0.15, 0.2) is 9.04 Å². The highest BCUT2D eigenvalue weighted by molar-refractivity contribution is 6.54. The first-order valence-electron chi connectivity index (χ1n) is 5.34. The van der Waals surface area contributed by atoms with Crippen LogP contribution in [-0.4, -0.2) is 19.5 Å². The summed E-state index contributed by atoms with van der Waals surface area (Å²) in [4.78, 5) is 0. The first-order valence-corrected chi connectivity index (χ1v) is 8.60. The largest absolute Gasteiger partial charge is 0.466 e. The highest BCUT2D eigenvalue weighted by atomic mass is 28.3. The fourth-order valence-corrected chi connectivity index (χ4v) is 3.14. The van der Waals surface area contributed by atoms with Crippen LogP contribution in [0, 0.1) is 0 Å². The Balaban J connectivity index is 2.90. The maximum Gasteiger partial charge on any atom is 0.159 e. The highest BCUT2D eigenvalue weighted by Crippen LogP contribution is 2.08. The molecule has 1 unspecified atom stereocenters. The van der Waals surface area contributed by atoms with E-state index in [4.69, 9.17) is 4.12 Å². The predicted octanol–water partition coefficient (Wildman–Crippen LogP) is 2.00. The summed E-state index contributed by atoms with van der Waals surface area (Å²) in [5.41, 5.74) is 0. The molecule has 0 N–H and O–H groups in total. The fourth-order valence-electron chi connectivity index (χ4n) is 1.33. The molecule has 0 fully saturated rings. The van der Waals surface area contributed by atoms with Gasteiger partial charge in [-0.1, -0.05) is 45.4 Å². The average molecular weight is 204 g/mol. The van der Waals surface area contributed by atoms with Crippen LogP contribution in [0.2, 0.25) is 12.6 Å². The third-order valence-corrected chi connectivity index (χ3v) is 6.81. The van der Waals surface area contributed by atoms with Crippen molar-refractivity contribution < 1.29 is 4.12 Å². The van der Waals surface area contributed by atoms with Crippen LogP contribution in [-0.2, 0) is 4.12 Å². The molecule has 0 radical (unpaired) electrons. The summed E-state index contributed by atoms with van der Waals surface area (Å²) in [6.07, 6.45) is 8.50. The van der Waals surface area contributed by atoms with Crippen molar-refractivity contribution in [3.8, 4) is 0 Å². The molecule has 0 heterocycles. The second kappa shape index (κ2) is 9.48. The maximum atomic E-state index is 5.46. The van der Waals surface area contributed by atoms with Crippen LogP contribution >= 0.6 is 0 Å². The van der Waals surface area contributed by atoms with Gasteiger partial charge in [-0.3, -0.25) is 0 Å². The average Bonchev–Trinajstić information content (AvgIpc) is 2.10. The van der Waals surface area contributed by atoms with Gasteiger partial charge in [-0.2, -0.15) is 0 Å². The van der Waals surface area contributed by atoms with E-state index < -0.39 is 9.04 Å². The smallest absolute Gasteiger partial charge is 0.159 e. The lowest BCUT2D eigenvalue weighted by Crippen LogP contribution is -2.09. The summed E-state index contributed by atoms with van der Waals surface area (Å²) >= 11 is 0. The molecule has 0 spiro atoms. The Kier molecular flexibility index (Phi) is 9.79. The van der Waals surface area contributed by atoms with Crippen molar-refractivity contribution in [2.75, 3.05) is 0 Å². The normalized spacial score (nSPS) is 13.5. The van der Waals surface area contributed by atoms with Gasteiger partial charge in [0.05, 0.1) is 0 Å². The molecule has 74 valence electrons. The van der Waals surface area contributed by atoms with Crippen molar-refractivity contribution in [2.24, 2.45) is 0 Å². The van der Waals surface area contributed by atoms with Gasteiger partial charge in [0, 0.05) is 0 Å². The van der Waals surface area contributed by atoms with E-state index in [-0.39, 0.29) is 0 Å². The molecule has 0 aliphatic heterocycles. The van der Waals surface area contributed by atoms with E-state index >= 15 is 0 Å². The Hall–Kier alpha value is 0.394. The SMILES string of the molecule is CCCCCCCC[SiH](C)O[SiH3]. The summed E-state index contributed by atoms with van der Waals surface area (Å²) in [7, 11) is 0.276. The topological polar surface area (TPSA) is 9.23 Å². The van der Waals surface area contributed by atoms with Crippen LogP contribution < -0.4 is 0 Å². The Bertz CT molecular complexity index is 88.6. The molecule has 1 nitrogen and oxygen atoms in total. The van der Waals surface area contributed by atoms with Crippen molar-refractivity contribution in [3.63, 3.8) is 0 Å². The number of hydrogen-bond donors (Lipinski definition) is 0. The molecule has 3 heteroatoms. The maximum absolute atomic E-state index is 5.46. The lowest BCUT2D eigenvalue weighted by molar-refractivity contribution is 0.597. The van der Waals surface area contributed by atoms with E-state index in [1.807, 2.05) is 0 Å². The summed E-state index contributed by atoms with van der Waals surface area (Å²) in [6, 6.07) is 1.40. The summed E-state index contributed by atoms with van der Waals surface area (Å²) in [5, 5.41) is 0. The Morgan fingerprint density at radius 2 is 1.67 bits per heavy atom. The molecule has 0 aromatic rings. The monoisotopic (exact) mass is 204 g/mol. The molecule has 12 heavy (non-hydrogen) atoms. The molecule has 0 amide bonds. The van der Waals surface area contributed by atoms with Crippen LogP contribution in [0.1, 0.15) is 45.4 Å². The minimum atomic E-state index is -0.678. The van der Waals surface area contributed by atoms with Gasteiger partial charge >= 0.3 is 0 Å². The van der Waals surface area contributed by atoms with E-state index in [0.717, 1.165) is 10.5 Å². The van der Waals surface area contributed by atoms with Gasteiger partial charge in [-0.15, -0.1) is 0 Å². The van der Waals surface area contributed by atoms with Gasteiger partial charge in [0.1, 0.15) is 10.5 Å². The first-order chi connectivity index (χ1) is 5.81. The summed E-state index contributed by atoms with van der Waals surface area (Å²) < 4.78 is 5.46. The van der Waals surface area contributed by atoms with Crippen LogP contribution in [0.3, 0.4) is 0 Å². The zero-order valence-corrected chi connectivity index (χ0v) is 12.1. The third kappa shape index (κ3) is 8.49.